The molecule has 7 nitrogen and oxygen atoms in total. The molecule has 1 N–H and O–H groups in total. The second kappa shape index (κ2) is 6.30. The molecular weight excluding hydrogens is 303 g/mol. The highest BCUT2D eigenvalue weighted by Gasteiger charge is 2.23. The number of Topliss-reactive ketones (excluding diaryl/α,β-unsaturated/α-hetero) is 2. The molecule has 3 rings (SSSR count). The van der Waals surface area contributed by atoms with Crippen LogP contribution in [0.3, 0.4) is 0 Å². The Hall–Kier alpha value is -3.16. The largest absolute Gasteiger partial charge is 0.469 e. The van der Waals surface area contributed by atoms with Crippen LogP contribution in [0.5, 0.6) is 0 Å². The Morgan fingerprint density at radius 1 is 1.26 bits per heavy atom. The van der Waals surface area contributed by atoms with Crippen molar-refractivity contribution in [2.75, 3.05) is 0 Å². The third-order valence-corrected chi connectivity index (χ3v) is 3.24. The van der Waals surface area contributed by atoms with Gasteiger partial charge in [-0.3, -0.25) is 9.59 Å². The molecule has 8 heteroatoms. The minimum Gasteiger partial charge on any atom is -0.469 e. The molecule has 3 aromatic rings. The second-order valence-corrected chi connectivity index (χ2v) is 4.84. The predicted molar refractivity (Wildman–Crippen MR) is 75.1 cm³/mol. The third-order valence-electron chi connectivity index (χ3n) is 3.24. The van der Waals surface area contributed by atoms with E-state index in [4.69, 9.17) is 4.42 Å². The molecule has 1 aromatic carbocycles. The molecule has 0 spiro atoms. The minimum atomic E-state index is -0.841. The van der Waals surface area contributed by atoms with E-state index in [-0.39, 0.29) is 18.1 Å². The van der Waals surface area contributed by atoms with Gasteiger partial charge >= 0.3 is 0 Å². The summed E-state index contributed by atoms with van der Waals surface area (Å²) < 4.78 is 18.5. The number of carbonyl (C=O) groups is 2. The summed E-state index contributed by atoms with van der Waals surface area (Å²) in [6.07, 6.45) is 1.61. The molecule has 0 aliphatic heterocycles. The van der Waals surface area contributed by atoms with Gasteiger partial charge in [-0.2, -0.15) is 5.21 Å². The lowest BCUT2D eigenvalue weighted by molar-refractivity contribution is -0.114. The van der Waals surface area contributed by atoms with Crippen LogP contribution in [0.4, 0.5) is 4.39 Å². The Bertz CT molecular complexity index is 842. The molecular formula is C15H11FN4O3. The molecule has 0 fully saturated rings. The number of ketones is 2. The van der Waals surface area contributed by atoms with E-state index in [1.165, 1.54) is 18.4 Å². The van der Waals surface area contributed by atoms with Gasteiger partial charge in [0.25, 0.3) is 5.78 Å². The van der Waals surface area contributed by atoms with Crippen LogP contribution in [0.2, 0.25) is 0 Å². The van der Waals surface area contributed by atoms with Crippen LogP contribution in [0.25, 0.3) is 0 Å². The van der Waals surface area contributed by atoms with Crippen LogP contribution in [0.15, 0.2) is 41.0 Å². The zero-order chi connectivity index (χ0) is 16.2. The first-order valence-electron chi connectivity index (χ1n) is 6.74. The summed E-state index contributed by atoms with van der Waals surface area (Å²) in [7, 11) is 0. The molecule has 0 bridgehead atoms. The number of aromatic amines is 1. The number of aromatic nitrogens is 4. The smallest absolute Gasteiger partial charge is 0.269 e. The number of benzene rings is 1. The molecule has 0 radical (unpaired) electrons. The van der Waals surface area contributed by atoms with Gasteiger partial charge in [0.1, 0.15) is 11.6 Å². The van der Waals surface area contributed by atoms with Gasteiger partial charge in [-0.1, -0.05) is 12.1 Å². The molecule has 0 aliphatic rings. The Morgan fingerprint density at radius 2 is 2.13 bits per heavy atom. The van der Waals surface area contributed by atoms with Crippen LogP contribution in [0.1, 0.15) is 27.5 Å². The number of halogens is 1. The number of furan rings is 1. The van der Waals surface area contributed by atoms with E-state index < -0.39 is 11.6 Å². The lowest BCUT2D eigenvalue weighted by Crippen LogP contribution is -2.18. The van der Waals surface area contributed by atoms with Gasteiger partial charge in [-0.15, -0.1) is 10.2 Å². The fourth-order valence-corrected chi connectivity index (χ4v) is 2.16. The quantitative estimate of drug-likeness (QED) is 0.546. The van der Waals surface area contributed by atoms with Crippen molar-refractivity contribution in [3.63, 3.8) is 0 Å². The zero-order valence-electron chi connectivity index (χ0n) is 11.8. The summed E-state index contributed by atoms with van der Waals surface area (Å²) in [5, 5.41) is 12.3. The lowest BCUT2D eigenvalue weighted by Gasteiger charge is -2.02. The minimum absolute atomic E-state index is 0.217. The van der Waals surface area contributed by atoms with Crippen molar-refractivity contribution in [2.24, 2.45) is 0 Å². The number of nitrogens with one attached hydrogen (secondary N) is 1. The van der Waals surface area contributed by atoms with E-state index in [1.54, 1.807) is 18.2 Å². The SMILES string of the molecule is O=C(Cc1occc1Cc1cccc(F)c1)C(=O)c1nn[nH]n1. The standard InChI is InChI=1S/C15H11FN4O3/c16-11-3-1-2-9(7-11)6-10-4-5-23-13(10)8-12(21)14(22)15-17-19-20-18-15/h1-5,7H,6,8H2,(H,17,18,19,20). The maximum absolute atomic E-state index is 13.2. The maximum Gasteiger partial charge on any atom is 0.269 e. The van der Waals surface area contributed by atoms with Gasteiger partial charge in [0.05, 0.1) is 12.7 Å². The number of nitrogens with zero attached hydrogens (tertiary/aromatic N) is 3. The summed E-state index contributed by atoms with van der Waals surface area (Å²) in [6, 6.07) is 7.82. The van der Waals surface area contributed by atoms with E-state index in [0.29, 0.717) is 17.7 Å². The number of hydrogen-bond donors (Lipinski definition) is 1. The van der Waals surface area contributed by atoms with E-state index in [0.717, 1.165) is 5.56 Å². The van der Waals surface area contributed by atoms with Crippen LogP contribution >= 0.6 is 0 Å². The topological polar surface area (TPSA) is 102 Å². The van der Waals surface area contributed by atoms with Crippen LogP contribution in [0, 0.1) is 5.82 Å². The first kappa shape index (κ1) is 14.8. The Balaban J connectivity index is 1.73. The average molecular weight is 314 g/mol. The Kier molecular flexibility index (Phi) is 4.05. The van der Waals surface area contributed by atoms with E-state index >= 15 is 0 Å². The summed E-state index contributed by atoms with van der Waals surface area (Å²) in [6.45, 7) is 0. The second-order valence-electron chi connectivity index (χ2n) is 4.84. The first-order valence-corrected chi connectivity index (χ1v) is 6.74. The molecule has 23 heavy (non-hydrogen) atoms. The molecule has 0 amide bonds. The van der Waals surface area contributed by atoms with Crippen LogP contribution < -0.4 is 0 Å². The molecule has 0 unspecified atom stereocenters. The third kappa shape index (κ3) is 3.37. The van der Waals surface area contributed by atoms with E-state index in [2.05, 4.69) is 20.6 Å². The van der Waals surface area contributed by atoms with Crippen molar-refractivity contribution in [3.8, 4) is 0 Å². The normalized spacial score (nSPS) is 10.7. The average Bonchev–Trinajstić information content (AvgIpc) is 3.19. The fourth-order valence-electron chi connectivity index (χ4n) is 2.16. The zero-order valence-corrected chi connectivity index (χ0v) is 11.8. The summed E-state index contributed by atoms with van der Waals surface area (Å²) >= 11 is 0. The van der Waals surface area contributed by atoms with Crippen LogP contribution in [-0.4, -0.2) is 32.2 Å². The Morgan fingerprint density at radius 3 is 2.87 bits per heavy atom. The summed E-state index contributed by atoms with van der Waals surface area (Å²) in [5.41, 5.74) is 1.45. The number of hydrogen-bond acceptors (Lipinski definition) is 6. The van der Waals surface area contributed by atoms with Gasteiger partial charge in [0.15, 0.2) is 0 Å². The number of H-pyrrole nitrogens is 1. The van der Waals surface area contributed by atoms with Gasteiger partial charge in [-0.25, -0.2) is 4.39 Å². The van der Waals surface area contributed by atoms with Crippen molar-refractivity contribution in [3.05, 3.63) is 65.1 Å². The first-order chi connectivity index (χ1) is 11.1. The van der Waals surface area contributed by atoms with Gasteiger partial charge in [0.2, 0.25) is 11.6 Å². The van der Waals surface area contributed by atoms with E-state index in [1.807, 2.05) is 0 Å². The van der Waals surface area contributed by atoms with E-state index in [9.17, 15) is 14.0 Å². The predicted octanol–water partition coefficient (Wildman–Crippen LogP) is 1.52. The van der Waals surface area contributed by atoms with Gasteiger partial charge in [0, 0.05) is 6.42 Å². The van der Waals surface area contributed by atoms with Crippen molar-refractivity contribution >= 4 is 11.6 Å². The number of carbonyl (C=O) groups excluding carboxylic acids is 2. The molecule has 2 aromatic heterocycles. The summed E-state index contributed by atoms with van der Waals surface area (Å²) in [4.78, 5) is 23.8. The number of tetrazole rings is 1. The highest BCUT2D eigenvalue weighted by atomic mass is 19.1. The van der Waals surface area contributed by atoms with Crippen LogP contribution in [-0.2, 0) is 17.6 Å². The monoisotopic (exact) mass is 314 g/mol. The highest BCUT2D eigenvalue weighted by Crippen LogP contribution is 2.17. The maximum atomic E-state index is 13.2. The van der Waals surface area contributed by atoms with Gasteiger partial charge < -0.3 is 4.42 Å². The lowest BCUT2D eigenvalue weighted by atomic mass is 10.0. The Labute approximate surface area is 129 Å². The summed E-state index contributed by atoms with van der Waals surface area (Å²) in [5.74, 6) is -1.81. The van der Waals surface area contributed by atoms with Crippen molar-refractivity contribution in [2.45, 2.75) is 12.8 Å². The fraction of sp³-hybridized carbons (Fsp3) is 0.133. The molecule has 0 aliphatic carbocycles. The number of rotatable bonds is 6. The molecule has 116 valence electrons. The molecule has 2 heterocycles. The van der Waals surface area contributed by atoms with Crippen molar-refractivity contribution in [1.82, 2.24) is 20.6 Å². The highest BCUT2D eigenvalue weighted by molar-refractivity contribution is 6.42. The molecule has 0 saturated heterocycles. The molecule has 0 atom stereocenters. The van der Waals surface area contributed by atoms with Crippen molar-refractivity contribution in [1.29, 1.82) is 0 Å². The van der Waals surface area contributed by atoms with Crippen molar-refractivity contribution < 1.29 is 18.4 Å². The molecule has 0 saturated carbocycles. The van der Waals surface area contributed by atoms with Gasteiger partial charge in [-0.05, 0) is 34.5 Å².